The van der Waals surface area contributed by atoms with E-state index in [2.05, 4.69) is 5.32 Å². The van der Waals surface area contributed by atoms with E-state index < -0.39 is 10.8 Å². The van der Waals surface area contributed by atoms with Crippen LogP contribution in [0, 0.1) is 10.1 Å². The van der Waals surface area contributed by atoms with Gasteiger partial charge in [0.15, 0.2) is 11.6 Å². The third-order valence-electron chi connectivity index (χ3n) is 4.61. The molecule has 0 fully saturated rings. The van der Waals surface area contributed by atoms with Gasteiger partial charge >= 0.3 is 0 Å². The number of nitro groups is 1. The Balaban J connectivity index is 1.73. The number of ketones is 2. The predicted octanol–water partition coefficient (Wildman–Crippen LogP) is 4.28. The first-order chi connectivity index (χ1) is 13.9. The number of nitro benzene ring substituents is 1. The number of non-ortho nitro benzene ring substituents is 1. The van der Waals surface area contributed by atoms with E-state index in [9.17, 15) is 24.5 Å². The van der Waals surface area contributed by atoms with Gasteiger partial charge in [-0.25, -0.2) is 0 Å². The van der Waals surface area contributed by atoms with Crippen LogP contribution in [-0.2, 0) is 0 Å². The molecule has 0 unspecified atom stereocenters. The average molecular weight is 407 g/mol. The zero-order chi connectivity index (χ0) is 20.7. The van der Waals surface area contributed by atoms with E-state index in [-0.39, 0.29) is 50.2 Å². The van der Waals surface area contributed by atoms with Crippen molar-refractivity contribution < 1.29 is 19.3 Å². The van der Waals surface area contributed by atoms with E-state index >= 15 is 0 Å². The fraction of sp³-hybridized carbons (Fsp3) is 0. The van der Waals surface area contributed by atoms with Crippen molar-refractivity contribution >= 4 is 40.4 Å². The second-order valence-corrected chi connectivity index (χ2v) is 6.71. The number of hydrogen-bond acceptors (Lipinski definition) is 5. The van der Waals surface area contributed by atoms with Gasteiger partial charge in [0.05, 0.1) is 26.8 Å². The van der Waals surface area contributed by atoms with Gasteiger partial charge in [-0.1, -0.05) is 48.0 Å². The number of carbonyl (C=O) groups is 3. The maximum absolute atomic E-state index is 13.0. The molecule has 4 rings (SSSR count). The molecular formula is C21H11ClN2O5. The molecule has 8 heteroatoms. The van der Waals surface area contributed by atoms with Crippen molar-refractivity contribution in [2.45, 2.75) is 0 Å². The molecule has 0 bridgehead atoms. The number of fused-ring (bicyclic) bond motifs is 2. The highest BCUT2D eigenvalue weighted by Gasteiger charge is 2.31. The summed E-state index contributed by atoms with van der Waals surface area (Å²) in [4.78, 5) is 48.6. The minimum atomic E-state index is -0.655. The van der Waals surface area contributed by atoms with Crippen molar-refractivity contribution in [2.75, 3.05) is 5.32 Å². The maximum Gasteiger partial charge on any atom is 0.270 e. The van der Waals surface area contributed by atoms with Gasteiger partial charge in [-0.2, -0.15) is 0 Å². The first-order valence-electron chi connectivity index (χ1n) is 8.45. The normalized spacial score (nSPS) is 12.2. The van der Waals surface area contributed by atoms with Gasteiger partial charge in [-0.3, -0.25) is 24.5 Å². The van der Waals surface area contributed by atoms with E-state index in [0.717, 1.165) is 12.1 Å². The van der Waals surface area contributed by atoms with Gasteiger partial charge in [0.25, 0.3) is 11.6 Å². The molecule has 0 saturated heterocycles. The summed E-state index contributed by atoms with van der Waals surface area (Å²) in [5, 5.41) is 13.3. The third-order valence-corrected chi connectivity index (χ3v) is 4.92. The lowest BCUT2D eigenvalue weighted by Crippen LogP contribution is -2.24. The summed E-state index contributed by atoms with van der Waals surface area (Å²) in [5.41, 5.74) is 0.788. The zero-order valence-corrected chi connectivity index (χ0v) is 15.4. The van der Waals surface area contributed by atoms with Gasteiger partial charge in [0.1, 0.15) is 0 Å². The molecule has 1 aliphatic carbocycles. The van der Waals surface area contributed by atoms with Crippen LogP contribution >= 0.6 is 11.6 Å². The van der Waals surface area contributed by atoms with Crippen LogP contribution in [0.2, 0.25) is 5.02 Å². The third kappa shape index (κ3) is 3.07. The predicted molar refractivity (Wildman–Crippen MR) is 106 cm³/mol. The Hall–Kier alpha value is -3.84. The topological polar surface area (TPSA) is 106 Å². The summed E-state index contributed by atoms with van der Waals surface area (Å²) in [5.74, 6) is -1.34. The lowest BCUT2D eigenvalue weighted by atomic mass is 9.83. The van der Waals surface area contributed by atoms with Crippen molar-refractivity contribution in [3.8, 4) is 0 Å². The quantitative estimate of drug-likeness (QED) is 0.403. The molecule has 0 heterocycles. The van der Waals surface area contributed by atoms with Crippen molar-refractivity contribution in [1.29, 1.82) is 0 Å². The summed E-state index contributed by atoms with van der Waals surface area (Å²) in [6.07, 6.45) is 0. The monoisotopic (exact) mass is 406 g/mol. The lowest BCUT2D eigenvalue weighted by Gasteiger charge is -2.20. The van der Waals surface area contributed by atoms with Crippen LogP contribution in [0.15, 0.2) is 60.7 Å². The second-order valence-electron chi connectivity index (χ2n) is 6.31. The SMILES string of the molecule is O=C(Nc1cccc2c1C(=O)c1ccccc1C2=O)c1ccc([N+](=O)[O-])cc1Cl. The number of nitrogens with one attached hydrogen (secondary N) is 1. The van der Waals surface area contributed by atoms with Crippen LogP contribution in [0.1, 0.15) is 42.2 Å². The molecule has 3 aromatic carbocycles. The van der Waals surface area contributed by atoms with Crippen LogP contribution < -0.4 is 5.32 Å². The number of anilines is 1. The van der Waals surface area contributed by atoms with Crippen molar-refractivity contribution in [3.05, 3.63) is 104 Å². The number of halogens is 1. The minimum Gasteiger partial charge on any atom is -0.321 e. The highest BCUT2D eigenvalue weighted by atomic mass is 35.5. The van der Waals surface area contributed by atoms with Crippen LogP contribution in [0.4, 0.5) is 11.4 Å². The van der Waals surface area contributed by atoms with Gasteiger partial charge in [0, 0.05) is 28.8 Å². The fourth-order valence-electron chi connectivity index (χ4n) is 3.24. The molecule has 1 amide bonds. The molecule has 1 N–H and O–H groups in total. The summed E-state index contributed by atoms with van der Waals surface area (Å²) in [7, 11) is 0. The molecular weight excluding hydrogens is 396 g/mol. The molecule has 142 valence electrons. The summed E-state index contributed by atoms with van der Waals surface area (Å²) in [6, 6.07) is 14.5. The molecule has 3 aromatic rings. The largest absolute Gasteiger partial charge is 0.321 e. The second kappa shape index (κ2) is 6.96. The van der Waals surface area contributed by atoms with E-state index in [1.54, 1.807) is 30.3 Å². The molecule has 0 saturated carbocycles. The molecule has 1 aliphatic rings. The number of benzene rings is 3. The van der Waals surface area contributed by atoms with E-state index in [1.165, 1.54) is 18.2 Å². The molecule has 0 spiro atoms. The summed E-state index contributed by atoms with van der Waals surface area (Å²) in [6.45, 7) is 0. The number of hydrogen-bond donors (Lipinski definition) is 1. The molecule has 0 atom stereocenters. The Bertz CT molecular complexity index is 1240. The smallest absolute Gasteiger partial charge is 0.270 e. The molecule has 0 radical (unpaired) electrons. The number of nitrogens with zero attached hydrogens (tertiary/aromatic N) is 1. The molecule has 0 aromatic heterocycles. The lowest BCUT2D eigenvalue weighted by molar-refractivity contribution is -0.384. The van der Waals surface area contributed by atoms with Crippen LogP contribution in [0.25, 0.3) is 0 Å². The molecule has 7 nitrogen and oxygen atoms in total. The Morgan fingerprint density at radius 1 is 0.897 bits per heavy atom. The minimum absolute atomic E-state index is 0.00450. The Morgan fingerprint density at radius 2 is 1.55 bits per heavy atom. The van der Waals surface area contributed by atoms with Crippen LogP contribution in [-0.4, -0.2) is 22.4 Å². The van der Waals surface area contributed by atoms with Crippen molar-refractivity contribution in [3.63, 3.8) is 0 Å². The number of rotatable bonds is 3. The van der Waals surface area contributed by atoms with Crippen LogP contribution in [0.5, 0.6) is 0 Å². The highest BCUT2D eigenvalue weighted by molar-refractivity contribution is 6.35. The number of carbonyl (C=O) groups excluding carboxylic acids is 3. The molecule has 0 aliphatic heterocycles. The van der Waals surface area contributed by atoms with E-state index in [4.69, 9.17) is 11.6 Å². The number of amides is 1. The van der Waals surface area contributed by atoms with Crippen LogP contribution in [0.3, 0.4) is 0 Å². The van der Waals surface area contributed by atoms with Crippen molar-refractivity contribution in [2.24, 2.45) is 0 Å². The maximum atomic E-state index is 13.0. The molecule has 29 heavy (non-hydrogen) atoms. The van der Waals surface area contributed by atoms with E-state index in [1.807, 2.05) is 0 Å². The Kier molecular flexibility index (Phi) is 4.44. The standard InChI is InChI=1S/C21H11ClN2O5/c22-16-10-11(24(28)29)8-9-14(16)21(27)23-17-7-3-6-15-18(17)20(26)13-5-2-1-4-12(13)19(15)25/h1-10H,(H,23,27). The van der Waals surface area contributed by atoms with Gasteiger partial charge in [-0.05, 0) is 12.1 Å². The summed E-state index contributed by atoms with van der Waals surface area (Å²) >= 11 is 6.01. The zero-order valence-electron chi connectivity index (χ0n) is 14.6. The van der Waals surface area contributed by atoms with E-state index in [0.29, 0.717) is 5.56 Å². The highest BCUT2D eigenvalue weighted by Crippen LogP contribution is 2.32. The van der Waals surface area contributed by atoms with Crippen molar-refractivity contribution in [1.82, 2.24) is 0 Å². The van der Waals surface area contributed by atoms with Gasteiger partial charge in [-0.15, -0.1) is 0 Å². The Labute approximate surface area is 169 Å². The fourth-order valence-corrected chi connectivity index (χ4v) is 3.50. The summed E-state index contributed by atoms with van der Waals surface area (Å²) < 4.78 is 0. The Morgan fingerprint density at radius 3 is 2.21 bits per heavy atom. The first kappa shape index (κ1) is 18.5. The van der Waals surface area contributed by atoms with Gasteiger partial charge in [0.2, 0.25) is 0 Å². The average Bonchev–Trinajstić information content (AvgIpc) is 2.71. The van der Waals surface area contributed by atoms with Gasteiger partial charge < -0.3 is 5.32 Å². The first-order valence-corrected chi connectivity index (χ1v) is 8.83.